The molecule has 27 heavy (non-hydrogen) atoms. The van der Waals surface area contributed by atoms with E-state index in [-0.39, 0.29) is 0 Å². The number of rotatable bonds is 5. The van der Waals surface area contributed by atoms with Gasteiger partial charge in [0.25, 0.3) is 0 Å². The van der Waals surface area contributed by atoms with Crippen LogP contribution in [-0.2, 0) is 0 Å². The first kappa shape index (κ1) is 18.0. The van der Waals surface area contributed by atoms with Crippen LogP contribution < -0.4 is 5.32 Å². The lowest BCUT2D eigenvalue weighted by Crippen LogP contribution is -2.31. The molecule has 2 aromatic heterocycles. The Balaban J connectivity index is 1.56. The monoisotopic (exact) mass is 381 g/mol. The Labute approximate surface area is 163 Å². The SMILES string of the molecule is Cc1onc(SC2CCN(C)CC2)c1-c1ccnc(Nc2ccccc2)n1. The van der Waals surface area contributed by atoms with Crippen LogP contribution in [0.5, 0.6) is 0 Å². The van der Waals surface area contributed by atoms with E-state index in [2.05, 4.69) is 27.4 Å². The fraction of sp³-hybridized carbons (Fsp3) is 0.350. The normalized spacial score (nSPS) is 15.8. The van der Waals surface area contributed by atoms with Crippen molar-refractivity contribution in [3.05, 3.63) is 48.4 Å². The van der Waals surface area contributed by atoms with Gasteiger partial charge in [0.1, 0.15) is 10.8 Å². The summed E-state index contributed by atoms with van der Waals surface area (Å²) in [5.74, 6) is 1.35. The molecule has 1 aliphatic heterocycles. The van der Waals surface area contributed by atoms with Gasteiger partial charge >= 0.3 is 0 Å². The molecule has 3 aromatic rings. The minimum atomic E-state index is 0.563. The minimum absolute atomic E-state index is 0.563. The zero-order valence-corrected chi connectivity index (χ0v) is 16.4. The summed E-state index contributed by atoms with van der Waals surface area (Å²) in [5.41, 5.74) is 2.76. The molecule has 1 saturated heterocycles. The molecule has 1 fully saturated rings. The van der Waals surface area contributed by atoms with Gasteiger partial charge in [0.2, 0.25) is 5.95 Å². The largest absolute Gasteiger partial charge is 0.360 e. The number of aromatic nitrogens is 3. The second kappa shape index (κ2) is 8.10. The van der Waals surface area contributed by atoms with Crippen LogP contribution >= 0.6 is 11.8 Å². The molecule has 0 bridgehead atoms. The third-order valence-electron chi connectivity index (χ3n) is 4.72. The van der Waals surface area contributed by atoms with Gasteiger partial charge in [-0.1, -0.05) is 35.1 Å². The predicted molar refractivity (Wildman–Crippen MR) is 108 cm³/mol. The van der Waals surface area contributed by atoms with Crippen LogP contribution in [0.4, 0.5) is 11.6 Å². The number of aryl methyl sites for hydroxylation is 1. The fourth-order valence-electron chi connectivity index (χ4n) is 3.19. The van der Waals surface area contributed by atoms with Crippen LogP contribution in [0, 0.1) is 6.92 Å². The number of hydrogen-bond acceptors (Lipinski definition) is 7. The van der Waals surface area contributed by atoms with Crippen LogP contribution in [0.2, 0.25) is 0 Å². The van der Waals surface area contributed by atoms with E-state index in [0.717, 1.165) is 53.7 Å². The number of nitrogens with one attached hydrogen (secondary N) is 1. The number of para-hydroxylation sites is 1. The van der Waals surface area contributed by atoms with Gasteiger partial charge in [0, 0.05) is 17.1 Å². The first-order chi connectivity index (χ1) is 13.2. The van der Waals surface area contributed by atoms with Gasteiger partial charge in [-0.15, -0.1) is 0 Å². The summed E-state index contributed by atoms with van der Waals surface area (Å²) >= 11 is 1.81. The summed E-state index contributed by atoms with van der Waals surface area (Å²) in [6, 6.07) is 11.8. The van der Waals surface area contributed by atoms with E-state index in [4.69, 9.17) is 9.51 Å². The Morgan fingerprint density at radius 2 is 1.93 bits per heavy atom. The molecule has 1 aliphatic rings. The Morgan fingerprint density at radius 3 is 2.70 bits per heavy atom. The number of nitrogens with zero attached hydrogens (tertiary/aromatic N) is 4. The average Bonchev–Trinajstić information content (AvgIpc) is 3.05. The van der Waals surface area contributed by atoms with Crippen molar-refractivity contribution in [2.24, 2.45) is 0 Å². The van der Waals surface area contributed by atoms with Crippen LogP contribution in [0.3, 0.4) is 0 Å². The standard InChI is InChI=1S/C20H23N5OS/c1-14-18(19(24-26-14)27-16-9-12-25(2)13-10-16)17-8-11-21-20(23-17)22-15-6-4-3-5-7-15/h3-8,11,16H,9-10,12-13H2,1-2H3,(H,21,22,23). The zero-order chi connectivity index (χ0) is 18.6. The molecule has 0 radical (unpaired) electrons. The van der Waals surface area contributed by atoms with Crippen molar-refractivity contribution in [2.45, 2.75) is 30.0 Å². The summed E-state index contributed by atoms with van der Waals surface area (Å²) in [6.07, 6.45) is 4.10. The molecule has 0 spiro atoms. The highest BCUT2D eigenvalue weighted by Gasteiger charge is 2.23. The maximum Gasteiger partial charge on any atom is 0.227 e. The first-order valence-electron chi connectivity index (χ1n) is 9.16. The highest BCUT2D eigenvalue weighted by atomic mass is 32.2. The van der Waals surface area contributed by atoms with Crippen LogP contribution in [0.15, 0.2) is 52.1 Å². The zero-order valence-electron chi connectivity index (χ0n) is 15.6. The molecule has 0 aliphatic carbocycles. The summed E-state index contributed by atoms with van der Waals surface area (Å²) in [4.78, 5) is 11.4. The van der Waals surface area contributed by atoms with Gasteiger partial charge in [-0.25, -0.2) is 9.97 Å². The highest BCUT2D eigenvalue weighted by molar-refractivity contribution is 8.00. The van der Waals surface area contributed by atoms with E-state index in [1.54, 1.807) is 18.0 Å². The molecule has 0 unspecified atom stereocenters. The summed E-state index contributed by atoms with van der Waals surface area (Å²) in [7, 11) is 2.18. The van der Waals surface area contributed by atoms with Crippen molar-refractivity contribution in [3.8, 4) is 11.3 Å². The highest BCUT2D eigenvalue weighted by Crippen LogP contribution is 2.37. The molecule has 7 heteroatoms. The Kier molecular flexibility index (Phi) is 5.40. The third kappa shape index (κ3) is 4.31. The van der Waals surface area contributed by atoms with Crippen molar-refractivity contribution >= 4 is 23.4 Å². The number of hydrogen-bond donors (Lipinski definition) is 1. The molecular formula is C20H23N5OS. The lowest BCUT2D eigenvalue weighted by molar-refractivity contribution is 0.282. The van der Waals surface area contributed by atoms with E-state index in [0.29, 0.717) is 11.2 Å². The van der Waals surface area contributed by atoms with Crippen molar-refractivity contribution in [1.29, 1.82) is 0 Å². The summed E-state index contributed by atoms with van der Waals surface area (Å²) in [6.45, 7) is 4.19. The molecule has 3 heterocycles. The molecule has 140 valence electrons. The topological polar surface area (TPSA) is 67.1 Å². The Hall–Kier alpha value is -2.38. The third-order valence-corrected chi connectivity index (χ3v) is 6.02. The molecule has 1 aromatic carbocycles. The van der Waals surface area contributed by atoms with E-state index < -0.39 is 0 Å². The van der Waals surface area contributed by atoms with Crippen molar-refractivity contribution in [1.82, 2.24) is 20.0 Å². The molecule has 0 atom stereocenters. The quantitative estimate of drug-likeness (QED) is 0.704. The van der Waals surface area contributed by atoms with Gasteiger partial charge < -0.3 is 14.7 Å². The molecular weight excluding hydrogens is 358 g/mol. The average molecular weight is 382 g/mol. The molecule has 0 amide bonds. The van der Waals surface area contributed by atoms with Crippen molar-refractivity contribution in [2.75, 3.05) is 25.5 Å². The number of benzene rings is 1. The number of likely N-dealkylation sites (tertiary alicyclic amines) is 1. The Morgan fingerprint density at radius 1 is 1.15 bits per heavy atom. The second-order valence-electron chi connectivity index (χ2n) is 6.80. The lowest BCUT2D eigenvalue weighted by Gasteiger charge is -2.27. The molecule has 4 rings (SSSR count). The molecule has 1 N–H and O–H groups in total. The summed E-state index contributed by atoms with van der Waals surface area (Å²) < 4.78 is 5.51. The molecule has 6 nitrogen and oxygen atoms in total. The van der Waals surface area contributed by atoms with Crippen molar-refractivity contribution < 1.29 is 4.52 Å². The predicted octanol–water partition coefficient (Wildman–Crippen LogP) is 4.37. The van der Waals surface area contributed by atoms with Gasteiger partial charge in [-0.3, -0.25) is 0 Å². The maximum atomic E-state index is 5.51. The number of thioether (sulfide) groups is 1. The fourth-order valence-corrected chi connectivity index (χ4v) is 4.40. The van der Waals surface area contributed by atoms with E-state index >= 15 is 0 Å². The number of piperidine rings is 1. The smallest absolute Gasteiger partial charge is 0.227 e. The van der Waals surface area contributed by atoms with Gasteiger partial charge in [-0.2, -0.15) is 0 Å². The second-order valence-corrected chi connectivity index (χ2v) is 8.08. The van der Waals surface area contributed by atoms with E-state index in [9.17, 15) is 0 Å². The number of anilines is 2. The van der Waals surface area contributed by atoms with E-state index in [1.807, 2.05) is 43.3 Å². The van der Waals surface area contributed by atoms with E-state index in [1.165, 1.54) is 0 Å². The Bertz CT molecular complexity index is 890. The lowest BCUT2D eigenvalue weighted by atomic mass is 10.1. The van der Waals surface area contributed by atoms with Gasteiger partial charge in [-0.05, 0) is 58.1 Å². The van der Waals surface area contributed by atoms with Crippen LogP contribution in [0.1, 0.15) is 18.6 Å². The van der Waals surface area contributed by atoms with Crippen LogP contribution in [0.25, 0.3) is 11.3 Å². The molecule has 0 saturated carbocycles. The minimum Gasteiger partial charge on any atom is -0.360 e. The van der Waals surface area contributed by atoms with Crippen LogP contribution in [-0.4, -0.2) is 45.4 Å². The maximum absolute atomic E-state index is 5.51. The van der Waals surface area contributed by atoms with Crippen molar-refractivity contribution in [3.63, 3.8) is 0 Å². The first-order valence-corrected chi connectivity index (χ1v) is 10.0. The van der Waals surface area contributed by atoms with Gasteiger partial charge in [0.05, 0.1) is 11.3 Å². The summed E-state index contributed by atoms with van der Waals surface area (Å²) in [5, 5.41) is 9.04. The van der Waals surface area contributed by atoms with Gasteiger partial charge in [0.15, 0.2) is 0 Å².